The van der Waals surface area contributed by atoms with E-state index in [1.54, 1.807) is 42.3 Å². The molecular weight excluding hydrogens is 496 g/mol. The first kappa shape index (κ1) is 25.4. The summed E-state index contributed by atoms with van der Waals surface area (Å²) in [5.41, 5.74) is 2.56. The van der Waals surface area contributed by atoms with Crippen LogP contribution >= 0.6 is 0 Å². The van der Waals surface area contributed by atoms with Crippen molar-refractivity contribution in [2.45, 2.75) is 32.2 Å². The molecule has 1 saturated carbocycles. The lowest BCUT2D eigenvalue weighted by Gasteiger charge is -2.35. The molecular formula is C25H32N6O5S. The monoisotopic (exact) mass is 528 g/mol. The van der Waals surface area contributed by atoms with Gasteiger partial charge in [-0.2, -0.15) is 5.10 Å². The fourth-order valence-electron chi connectivity index (χ4n) is 4.85. The predicted molar refractivity (Wildman–Crippen MR) is 141 cm³/mol. The van der Waals surface area contributed by atoms with Crippen molar-refractivity contribution in [1.82, 2.24) is 14.8 Å². The minimum absolute atomic E-state index is 0.332. The summed E-state index contributed by atoms with van der Waals surface area (Å²) in [6.07, 6.45) is 6.34. The molecule has 3 heterocycles. The minimum atomic E-state index is -3.69. The Morgan fingerprint density at radius 3 is 2.65 bits per heavy atom. The molecule has 0 unspecified atom stereocenters. The van der Waals surface area contributed by atoms with E-state index in [0.29, 0.717) is 47.0 Å². The molecule has 12 heteroatoms. The van der Waals surface area contributed by atoms with Crippen molar-refractivity contribution >= 4 is 44.2 Å². The number of hydrogen-bond acceptors (Lipinski definition) is 8. The van der Waals surface area contributed by atoms with E-state index in [4.69, 9.17) is 9.84 Å². The number of fused-ring (bicyclic) bond motifs is 1. The Labute approximate surface area is 215 Å². The molecule has 2 aliphatic rings. The third kappa shape index (κ3) is 5.71. The molecule has 2 aromatic heterocycles. The van der Waals surface area contributed by atoms with Crippen molar-refractivity contribution in [1.29, 1.82) is 0 Å². The van der Waals surface area contributed by atoms with Gasteiger partial charge in [-0.05, 0) is 61.4 Å². The topological polar surface area (TPSA) is 139 Å². The molecule has 1 aliphatic carbocycles. The second kappa shape index (κ2) is 10.3. The van der Waals surface area contributed by atoms with E-state index in [2.05, 4.69) is 25.0 Å². The number of amides is 1. The third-order valence-corrected chi connectivity index (χ3v) is 8.50. The summed E-state index contributed by atoms with van der Waals surface area (Å²) in [5.74, 6) is -0.335. The molecule has 0 radical (unpaired) electrons. The van der Waals surface area contributed by atoms with Crippen molar-refractivity contribution < 1.29 is 23.1 Å². The number of anilines is 3. The third-order valence-electron chi connectivity index (χ3n) is 7.23. The number of aliphatic hydroxyl groups excluding tert-OH is 1. The van der Waals surface area contributed by atoms with Gasteiger partial charge in [-0.15, -0.1) is 0 Å². The van der Waals surface area contributed by atoms with Gasteiger partial charge in [-0.25, -0.2) is 18.1 Å². The number of pyridine rings is 1. The first-order valence-corrected chi connectivity index (χ1v) is 14.1. The van der Waals surface area contributed by atoms with Crippen LogP contribution in [0.4, 0.5) is 17.2 Å². The molecule has 198 valence electrons. The van der Waals surface area contributed by atoms with Crippen molar-refractivity contribution in [2.75, 3.05) is 54.1 Å². The number of ether oxygens (including phenoxy) is 1. The molecule has 11 nitrogen and oxygen atoms in total. The van der Waals surface area contributed by atoms with E-state index in [0.717, 1.165) is 31.3 Å². The van der Waals surface area contributed by atoms with Gasteiger partial charge < -0.3 is 20.1 Å². The van der Waals surface area contributed by atoms with Crippen LogP contribution in [0.3, 0.4) is 0 Å². The quantitative estimate of drug-likeness (QED) is 0.365. The second-order valence-electron chi connectivity index (χ2n) is 9.79. The summed E-state index contributed by atoms with van der Waals surface area (Å²) in [5, 5.41) is 17.2. The van der Waals surface area contributed by atoms with Crippen LogP contribution in [0, 0.1) is 5.41 Å². The number of nitrogens with one attached hydrogen (secondary N) is 2. The number of carbonyl (C=O) groups is 1. The van der Waals surface area contributed by atoms with Crippen LogP contribution < -0.4 is 14.9 Å². The molecule has 1 aromatic carbocycles. The molecule has 3 aromatic rings. The number of aliphatic hydroxyl groups is 1. The molecule has 5 rings (SSSR count). The minimum Gasteiger partial charge on any atom is -0.395 e. The van der Waals surface area contributed by atoms with Gasteiger partial charge in [0.05, 0.1) is 48.6 Å². The molecule has 1 amide bonds. The molecule has 0 bridgehead atoms. The number of sulfonamides is 1. The number of aromatic nitrogens is 3. The van der Waals surface area contributed by atoms with Crippen molar-refractivity contribution in [3.63, 3.8) is 0 Å². The summed E-state index contributed by atoms with van der Waals surface area (Å²) in [6, 6.07) is 8.48. The zero-order valence-electron chi connectivity index (χ0n) is 20.8. The molecule has 1 spiro atoms. The SMILES string of the molecule is COCCn1ncc2ccc(NC(=O)c3ccc(NS(=O)(=O)CCO)cc3N3CCC4(CC3)CC4)nc21. The van der Waals surface area contributed by atoms with E-state index in [9.17, 15) is 13.2 Å². The van der Waals surface area contributed by atoms with Crippen molar-refractivity contribution in [3.05, 3.63) is 42.1 Å². The van der Waals surface area contributed by atoms with Gasteiger partial charge in [0.15, 0.2) is 5.65 Å². The Balaban J connectivity index is 1.41. The summed E-state index contributed by atoms with van der Waals surface area (Å²) in [4.78, 5) is 20.2. The van der Waals surface area contributed by atoms with Crippen molar-refractivity contribution in [2.24, 2.45) is 5.41 Å². The van der Waals surface area contributed by atoms with Crippen LogP contribution in [0.5, 0.6) is 0 Å². The average molecular weight is 529 g/mol. The fourth-order valence-corrected chi connectivity index (χ4v) is 5.67. The number of nitrogens with zero attached hydrogens (tertiary/aromatic N) is 4. The maximum absolute atomic E-state index is 13.5. The lowest BCUT2D eigenvalue weighted by molar-refractivity contribution is 0.102. The van der Waals surface area contributed by atoms with Gasteiger partial charge >= 0.3 is 0 Å². The number of hydrogen-bond donors (Lipinski definition) is 3. The number of carbonyl (C=O) groups excluding carboxylic acids is 1. The highest BCUT2D eigenvalue weighted by molar-refractivity contribution is 7.92. The molecule has 37 heavy (non-hydrogen) atoms. The largest absolute Gasteiger partial charge is 0.395 e. The Kier molecular flexibility index (Phi) is 7.06. The normalized spacial score (nSPS) is 16.8. The van der Waals surface area contributed by atoms with E-state index in [1.807, 2.05) is 6.07 Å². The van der Waals surface area contributed by atoms with E-state index in [1.165, 1.54) is 12.8 Å². The van der Waals surface area contributed by atoms with Crippen LogP contribution in [0.25, 0.3) is 11.0 Å². The highest BCUT2D eigenvalue weighted by atomic mass is 32.2. The van der Waals surface area contributed by atoms with Gasteiger partial charge in [-0.3, -0.25) is 9.52 Å². The maximum Gasteiger partial charge on any atom is 0.258 e. The van der Waals surface area contributed by atoms with Crippen LogP contribution in [0.1, 0.15) is 36.0 Å². The van der Waals surface area contributed by atoms with Gasteiger partial charge in [0.2, 0.25) is 10.0 Å². The fraction of sp³-hybridized carbons (Fsp3) is 0.480. The summed E-state index contributed by atoms with van der Waals surface area (Å²) in [7, 11) is -2.07. The molecule has 0 atom stereocenters. The molecule has 1 saturated heterocycles. The zero-order valence-corrected chi connectivity index (χ0v) is 21.6. The van der Waals surface area contributed by atoms with E-state index in [-0.39, 0.29) is 5.91 Å². The Bertz CT molecular complexity index is 1390. The standard InChI is InChI=1S/C25H32N6O5S/c1-36-14-12-31-23-18(17-26-31)2-5-22(27-23)28-24(33)20-4-3-19(29-37(34,35)15-13-32)16-21(20)30-10-8-25(6-7-25)9-11-30/h2-5,16-17,29,32H,6-15H2,1H3,(H,27,28,33). The highest BCUT2D eigenvalue weighted by Crippen LogP contribution is 2.54. The lowest BCUT2D eigenvalue weighted by atomic mass is 9.93. The van der Waals surface area contributed by atoms with Gasteiger partial charge in [-0.1, -0.05) is 0 Å². The van der Waals surface area contributed by atoms with Gasteiger partial charge in [0.25, 0.3) is 5.91 Å². The lowest BCUT2D eigenvalue weighted by Crippen LogP contribution is -2.35. The van der Waals surface area contributed by atoms with E-state index >= 15 is 0 Å². The highest BCUT2D eigenvalue weighted by Gasteiger charge is 2.44. The van der Waals surface area contributed by atoms with Crippen LogP contribution in [0.2, 0.25) is 0 Å². The first-order chi connectivity index (χ1) is 17.8. The molecule has 2 fully saturated rings. The van der Waals surface area contributed by atoms with E-state index < -0.39 is 22.4 Å². The number of benzene rings is 1. The van der Waals surface area contributed by atoms with Crippen LogP contribution in [-0.2, 0) is 21.3 Å². The van der Waals surface area contributed by atoms with Gasteiger partial charge in [0.1, 0.15) is 5.82 Å². The number of methoxy groups -OCH3 is 1. The number of rotatable bonds is 10. The molecule has 1 aliphatic heterocycles. The molecule has 3 N–H and O–H groups in total. The van der Waals surface area contributed by atoms with Crippen LogP contribution in [-0.4, -0.2) is 73.4 Å². The maximum atomic E-state index is 13.5. The summed E-state index contributed by atoms with van der Waals surface area (Å²) >= 11 is 0. The zero-order chi connectivity index (χ0) is 26.0. The predicted octanol–water partition coefficient (Wildman–Crippen LogP) is 2.44. The Morgan fingerprint density at radius 2 is 1.95 bits per heavy atom. The summed E-state index contributed by atoms with van der Waals surface area (Å²) < 4.78 is 33.8. The Hall–Kier alpha value is -3.22. The number of piperidine rings is 1. The van der Waals surface area contributed by atoms with Crippen LogP contribution in [0.15, 0.2) is 36.5 Å². The smallest absolute Gasteiger partial charge is 0.258 e. The summed E-state index contributed by atoms with van der Waals surface area (Å²) in [6.45, 7) is 2.16. The average Bonchev–Trinajstić information content (AvgIpc) is 3.50. The Morgan fingerprint density at radius 1 is 1.16 bits per heavy atom. The van der Waals surface area contributed by atoms with Crippen molar-refractivity contribution in [3.8, 4) is 0 Å². The van der Waals surface area contributed by atoms with Gasteiger partial charge in [0, 0.05) is 25.6 Å². The second-order valence-corrected chi connectivity index (χ2v) is 11.6. The first-order valence-electron chi connectivity index (χ1n) is 12.4.